The second kappa shape index (κ2) is 4.99. The van der Waals surface area contributed by atoms with Crippen LogP contribution < -0.4 is 0 Å². The van der Waals surface area contributed by atoms with Gasteiger partial charge in [-0.15, -0.1) is 0 Å². The van der Waals surface area contributed by atoms with Gasteiger partial charge in [0.05, 0.1) is 23.0 Å². The second-order valence-electron chi connectivity index (χ2n) is 3.55. The highest BCUT2D eigenvalue weighted by atomic mass is 15.1. The van der Waals surface area contributed by atoms with Gasteiger partial charge < -0.3 is 5.41 Å². The quantitative estimate of drug-likeness (QED) is 0.764. The largest absolute Gasteiger partial charge is 0.305 e. The average molecular weight is 222 g/mol. The molecule has 0 unspecified atom stereocenters. The summed E-state index contributed by atoms with van der Waals surface area (Å²) in [7, 11) is 0. The van der Waals surface area contributed by atoms with Gasteiger partial charge in [-0.2, -0.15) is 15.5 Å². The van der Waals surface area contributed by atoms with Crippen molar-refractivity contribution in [2.75, 3.05) is 0 Å². The molecule has 4 nitrogen and oxygen atoms in total. The zero-order valence-corrected chi connectivity index (χ0v) is 9.09. The minimum absolute atomic E-state index is 0.572. The minimum atomic E-state index is 0.572. The van der Waals surface area contributed by atoms with E-state index in [4.69, 9.17) is 10.7 Å². The smallest absolute Gasteiger partial charge is 0.0991 e. The van der Waals surface area contributed by atoms with Crippen LogP contribution in [0.1, 0.15) is 12.0 Å². The van der Waals surface area contributed by atoms with Crippen molar-refractivity contribution in [3.63, 3.8) is 0 Å². The third-order valence-electron chi connectivity index (χ3n) is 2.26. The van der Waals surface area contributed by atoms with Gasteiger partial charge in [-0.3, -0.25) is 0 Å². The first-order chi connectivity index (χ1) is 8.28. The SMILES string of the molecule is N#Cc1ccc(N=NC2=CCC(=N)C=C2)cc1. The van der Waals surface area contributed by atoms with Crippen LogP contribution in [0.4, 0.5) is 5.69 Å². The molecule has 4 heteroatoms. The van der Waals surface area contributed by atoms with Gasteiger partial charge in [-0.25, -0.2) is 0 Å². The molecule has 0 aromatic heterocycles. The number of nitrogens with zero attached hydrogens (tertiary/aromatic N) is 3. The minimum Gasteiger partial charge on any atom is -0.305 e. The maximum Gasteiger partial charge on any atom is 0.0991 e. The van der Waals surface area contributed by atoms with Crippen molar-refractivity contribution in [1.82, 2.24) is 0 Å². The molecule has 0 amide bonds. The number of nitriles is 1. The Morgan fingerprint density at radius 3 is 2.47 bits per heavy atom. The van der Waals surface area contributed by atoms with Crippen LogP contribution in [0, 0.1) is 16.7 Å². The predicted molar refractivity (Wildman–Crippen MR) is 65.2 cm³/mol. The highest BCUT2D eigenvalue weighted by Gasteiger charge is 1.99. The zero-order valence-electron chi connectivity index (χ0n) is 9.09. The van der Waals surface area contributed by atoms with Crippen LogP contribution in [0.25, 0.3) is 0 Å². The number of rotatable bonds is 2. The van der Waals surface area contributed by atoms with Gasteiger partial charge in [0.1, 0.15) is 0 Å². The summed E-state index contributed by atoms with van der Waals surface area (Å²) in [4.78, 5) is 0. The predicted octanol–water partition coefficient (Wildman–Crippen LogP) is 3.51. The summed E-state index contributed by atoms with van der Waals surface area (Å²) in [5.74, 6) is 0. The van der Waals surface area contributed by atoms with E-state index >= 15 is 0 Å². The van der Waals surface area contributed by atoms with Crippen LogP contribution in [0.2, 0.25) is 0 Å². The Morgan fingerprint density at radius 2 is 1.88 bits per heavy atom. The van der Waals surface area contributed by atoms with Gasteiger partial charge in [0, 0.05) is 12.1 Å². The van der Waals surface area contributed by atoms with Crippen LogP contribution in [-0.2, 0) is 0 Å². The topological polar surface area (TPSA) is 72.4 Å². The van der Waals surface area contributed by atoms with E-state index < -0.39 is 0 Å². The average Bonchev–Trinajstić information content (AvgIpc) is 2.39. The van der Waals surface area contributed by atoms with Crippen LogP contribution >= 0.6 is 0 Å². The van der Waals surface area contributed by atoms with E-state index in [0.717, 1.165) is 5.70 Å². The Bertz CT molecular complexity index is 556. The van der Waals surface area contributed by atoms with Crippen LogP contribution in [0.15, 0.2) is 58.4 Å². The van der Waals surface area contributed by atoms with Crippen molar-refractivity contribution >= 4 is 11.4 Å². The molecule has 2 rings (SSSR count). The molecule has 0 spiro atoms. The fraction of sp³-hybridized carbons (Fsp3) is 0.0769. The highest BCUT2D eigenvalue weighted by Crippen LogP contribution is 2.16. The molecule has 1 aliphatic carbocycles. The first kappa shape index (κ1) is 11.0. The summed E-state index contributed by atoms with van der Waals surface area (Å²) >= 11 is 0. The Morgan fingerprint density at radius 1 is 1.12 bits per heavy atom. The molecular formula is C13H10N4. The molecule has 0 radical (unpaired) electrons. The van der Waals surface area contributed by atoms with Crippen LogP contribution in [0.3, 0.4) is 0 Å². The third-order valence-corrected chi connectivity index (χ3v) is 2.26. The molecule has 82 valence electrons. The fourth-order valence-electron chi connectivity index (χ4n) is 1.33. The second-order valence-corrected chi connectivity index (χ2v) is 3.55. The number of benzene rings is 1. The van der Waals surface area contributed by atoms with Crippen molar-refractivity contribution < 1.29 is 0 Å². The van der Waals surface area contributed by atoms with E-state index in [2.05, 4.69) is 10.2 Å². The van der Waals surface area contributed by atoms with E-state index in [1.165, 1.54) is 0 Å². The Hall–Kier alpha value is -2.54. The molecule has 0 fully saturated rings. The normalized spacial score (nSPS) is 14.8. The summed E-state index contributed by atoms with van der Waals surface area (Å²) in [6.45, 7) is 0. The summed E-state index contributed by atoms with van der Waals surface area (Å²) in [5.41, 5.74) is 2.64. The van der Waals surface area contributed by atoms with Gasteiger partial charge >= 0.3 is 0 Å². The zero-order chi connectivity index (χ0) is 12.1. The van der Waals surface area contributed by atoms with E-state index in [1.807, 2.05) is 12.1 Å². The molecule has 1 N–H and O–H groups in total. The number of hydrogen-bond donors (Lipinski definition) is 1. The fourth-order valence-corrected chi connectivity index (χ4v) is 1.33. The van der Waals surface area contributed by atoms with Crippen molar-refractivity contribution in [1.29, 1.82) is 10.7 Å². The van der Waals surface area contributed by atoms with E-state index in [9.17, 15) is 0 Å². The lowest BCUT2D eigenvalue weighted by molar-refractivity contribution is 1.14. The Kier molecular flexibility index (Phi) is 3.22. The lowest BCUT2D eigenvalue weighted by Crippen LogP contribution is -1.93. The molecule has 1 aromatic rings. The molecule has 0 heterocycles. The van der Waals surface area contributed by atoms with Gasteiger partial charge in [-0.1, -0.05) is 6.08 Å². The maximum absolute atomic E-state index is 8.64. The van der Waals surface area contributed by atoms with Gasteiger partial charge in [-0.05, 0) is 36.4 Å². The molecule has 17 heavy (non-hydrogen) atoms. The standard InChI is InChI=1S/C13H10N4/c14-9-10-1-5-12(6-2-10)16-17-13-7-3-11(15)4-8-13/h1-3,5-8,15H,4H2. The first-order valence-electron chi connectivity index (χ1n) is 5.15. The first-order valence-corrected chi connectivity index (χ1v) is 5.15. The van der Waals surface area contributed by atoms with E-state index in [0.29, 0.717) is 23.4 Å². The van der Waals surface area contributed by atoms with Gasteiger partial charge in [0.2, 0.25) is 0 Å². The Labute approximate surface area is 99.1 Å². The summed E-state index contributed by atoms with van der Waals surface area (Å²) in [6.07, 6.45) is 5.93. The number of allylic oxidation sites excluding steroid dienone is 3. The van der Waals surface area contributed by atoms with Crippen molar-refractivity contribution in [2.45, 2.75) is 6.42 Å². The van der Waals surface area contributed by atoms with Crippen molar-refractivity contribution in [2.24, 2.45) is 10.2 Å². The molecule has 0 atom stereocenters. The van der Waals surface area contributed by atoms with E-state index in [1.54, 1.807) is 36.4 Å². The number of nitrogens with one attached hydrogen (secondary N) is 1. The monoisotopic (exact) mass is 222 g/mol. The van der Waals surface area contributed by atoms with Gasteiger partial charge in [0.25, 0.3) is 0 Å². The number of azo groups is 1. The third kappa shape index (κ3) is 2.95. The summed E-state index contributed by atoms with van der Waals surface area (Å²) in [6, 6.07) is 8.95. The molecule has 0 saturated heterocycles. The highest BCUT2D eigenvalue weighted by molar-refractivity contribution is 5.94. The molecule has 0 aliphatic heterocycles. The van der Waals surface area contributed by atoms with Crippen molar-refractivity contribution in [3.05, 3.63) is 53.8 Å². The lowest BCUT2D eigenvalue weighted by Gasteiger charge is -2.00. The maximum atomic E-state index is 8.64. The lowest BCUT2D eigenvalue weighted by atomic mass is 10.1. The van der Waals surface area contributed by atoms with Gasteiger partial charge in [0.15, 0.2) is 0 Å². The van der Waals surface area contributed by atoms with Crippen LogP contribution in [-0.4, -0.2) is 5.71 Å². The van der Waals surface area contributed by atoms with Crippen LogP contribution in [0.5, 0.6) is 0 Å². The summed E-state index contributed by atoms with van der Waals surface area (Å²) in [5, 5.41) is 24.1. The molecule has 0 saturated carbocycles. The summed E-state index contributed by atoms with van der Waals surface area (Å²) < 4.78 is 0. The molecule has 0 bridgehead atoms. The van der Waals surface area contributed by atoms with E-state index in [-0.39, 0.29) is 0 Å². The molecular weight excluding hydrogens is 212 g/mol. The molecule has 1 aliphatic rings. The molecule has 1 aromatic carbocycles. The Balaban J connectivity index is 2.08. The van der Waals surface area contributed by atoms with Crippen molar-refractivity contribution in [3.8, 4) is 6.07 Å². The number of hydrogen-bond acceptors (Lipinski definition) is 4.